The van der Waals surface area contributed by atoms with Gasteiger partial charge >= 0.3 is 0 Å². The number of nitrogens with one attached hydrogen (secondary N) is 2. The summed E-state index contributed by atoms with van der Waals surface area (Å²) >= 11 is 2.92. The van der Waals surface area contributed by atoms with Crippen molar-refractivity contribution in [1.82, 2.24) is 15.3 Å². The molecule has 130 valence electrons. The molecule has 1 aliphatic rings. The standard InChI is InChI=1S/C17H23N3O2S2/c1-9(2)7-18-13(21)8-23-17-19-15(22)14-11-5-4-10(3)6-12(11)24-16(14)20-17/h9-10H,4-8H2,1-3H3,(H,18,21)(H,19,20,22). The molecular weight excluding hydrogens is 342 g/mol. The van der Waals surface area contributed by atoms with Crippen LogP contribution in [-0.2, 0) is 17.6 Å². The van der Waals surface area contributed by atoms with Crippen LogP contribution in [0.4, 0.5) is 0 Å². The maximum absolute atomic E-state index is 12.5. The van der Waals surface area contributed by atoms with Crippen LogP contribution in [-0.4, -0.2) is 28.2 Å². The van der Waals surface area contributed by atoms with Gasteiger partial charge in [-0.25, -0.2) is 4.98 Å². The second-order valence-corrected chi connectivity index (χ2v) is 8.94. The van der Waals surface area contributed by atoms with Crippen molar-refractivity contribution in [3.05, 3.63) is 20.8 Å². The van der Waals surface area contributed by atoms with Crippen LogP contribution >= 0.6 is 23.1 Å². The van der Waals surface area contributed by atoms with E-state index in [2.05, 4.69) is 36.1 Å². The molecule has 0 aliphatic heterocycles. The zero-order chi connectivity index (χ0) is 17.3. The van der Waals surface area contributed by atoms with Gasteiger partial charge in [0.15, 0.2) is 5.16 Å². The second kappa shape index (κ2) is 7.27. The predicted octanol–water partition coefficient (Wildman–Crippen LogP) is 2.97. The van der Waals surface area contributed by atoms with E-state index in [-0.39, 0.29) is 17.2 Å². The van der Waals surface area contributed by atoms with E-state index in [1.54, 1.807) is 11.3 Å². The van der Waals surface area contributed by atoms with Crippen molar-refractivity contribution in [3.63, 3.8) is 0 Å². The molecule has 2 aromatic heterocycles. The van der Waals surface area contributed by atoms with Crippen molar-refractivity contribution in [3.8, 4) is 0 Å². The Morgan fingerprint density at radius 2 is 2.29 bits per heavy atom. The first-order valence-corrected chi connectivity index (χ1v) is 10.2. The first-order valence-electron chi connectivity index (χ1n) is 8.38. The third-order valence-electron chi connectivity index (χ3n) is 4.19. The van der Waals surface area contributed by atoms with Crippen molar-refractivity contribution < 1.29 is 4.79 Å². The molecule has 2 heterocycles. The Bertz CT molecular complexity index is 810. The number of nitrogens with zero attached hydrogens (tertiary/aromatic N) is 1. The van der Waals surface area contributed by atoms with E-state index >= 15 is 0 Å². The van der Waals surface area contributed by atoms with Crippen LogP contribution in [0.25, 0.3) is 10.2 Å². The lowest BCUT2D eigenvalue weighted by Crippen LogP contribution is -2.28. The lowest BCUT2D eigenvalue weighted by atomic mass is 9.89. The van der Waals surface area contributed by atoms with E-state index < -0.39 is 0 Å². The van der Waals surface area contributed by atoms with Crippen LogP contribution in [0.2, 0.25) is 0 Å². The molecule has 0 saturated heterocycles. The number of aryl methyl sites for hydroxylation is 1. The van der Waals surface area contributed by atoms with Crippen molar-refractivity contribution >= 4 is 39.2 Å². The highest BCUT2D eigenvalue weighted by atomic mass is 32.2. The quantitative estimate of drug-likeness (QED) is 0.631. The monoisotopic (exact) mass is 365 g/mol. The highest BCUT2D eigenvalue weighted by molar-refractivity contribution is 7.99. The fourth-order valence-corrected chi connectivity index (χ4v) is 5.03. The number of carbonyl (C=O) groups is 1. The zero-order valence-electron chi connectivity index (χ0n) is 14.3. The molecule has 3 rings (SSSR count). The predicted molar refractivity (Wildman–Crippen MR) is 100 cm³/mol. The third-order valence-corrected chi connectivity index (χ3v) is 6.21. The van der Waals surface area contributed by atoms with Gasteiger partial charge in [-0.15, -0.1) is 11.3 Å². The minimum Gasteiger partial charge on any atom is -0.355 e. The summed E-state index contributed by atoms with van der Waals surface area (Å²) in [6.07, 6.45) is 3.13. The van der Waals surface area contributed by atoms with E-state index in [0.717, 1.165) is 29.5 Å². The van der Waals surface area contributed by atoms with E-state index in [9.17, 15) is 9.59 Å². The number of fused-ring (bicyclic) bond motifs is 3. The topological polar surface area (TPSA) is 74.8 Å². The average Bonchev–Trinajstić information content (AvgIpc) is 2.88. The Morgan fingerprint density at radius 1 is 1.50 bits per heavy atom. The number of aromatic amines is 1. The molecule has 0 fully saturated rings. The third kappa shape index (κ3) is 3.83. The van der Waals surface area contributed by atoms with Gasteiger partial charge in [0.05, 0.1) is 11.1 Å². The summed E-state index contributed by atoms with van der Waals surface area (Å²) in [4.78, 5) is 33.8. The van der Waals surface area contributed by atoms with Gasteiger partial charge in [0.2, 0.25) is 5.91 Å². The van der Waals surface area contributed by atoms with E-state index in [1.807, 2.05) is 0 Å². The molecule has 0 saturated carbocycles. The molecule has 1 unspecified atom stereocenters. The molecule has 0 spiro atoms. The van der Waals surface area contributed by atoms with E-state index in [4.69, 9.17) is 0 Å². The molecule has 7 heteroatoms. The molecular formula is C17H23N3O2S2. The molecule has 2 aromatic rings. The van der Waals surface area contributed by atoms with Crippen LogP contribution in [0.15, 0.2) is 9.95 Å². The second-order valence-electron chi connectivity index (χ2n) is 6.89. The van der Waals surface area contributed by atoms with Crippen LogP contribution in [0.3, 0.4) is 0 Å². The Labute approximate surface area is 149 Å². The van der Waals surface area contributed by atoms with Gasteiger partial charge in [0.1, 0.15) is 4.83 Å². The molecule has 0 bridgehead atoms. The molecule has 24 heavy (non-hydrogen) atoms. The molecule has 5 nitrogen and oxygen atoms in total. The number of aromatic nitrogens is 2. The SMILES string of the molecule is CC(C)CNC(=O)CSc1nc2sc3c(c2c(=O)[nH]1)CCC(C)C3. The number of carbonyl (C=O) groups excluding carboxylic acids is 1. The Morgan fingerprint density at radius 3 is 3.04 bits per heavy atom. The fourth-order valence-electron chi connectivity index (χ4n) is 2.90. The van der Waals surface area contributed by atoms with Crippen molar-refractivity contribution in [1.29, 1.82) is 0 Å². The average molecular weight is 366 g/mol. The minimum absolute atomic E-state index is 0.0317. The number of rotatable bonds is 5. The van der Waals surface area contributed by atoms with E-state index in [1.165, 1.54) is 22.2 Å². The lowest BCUT2D eigenvalue weighted by Gasteiger charge is -2.17. The fraction of sp³-hybridized carbons (Fsp3) is 0.588. The maximum atomic E-state index is 12.5. The number of thioether (sulfide) groups is 1. The van der Waals surface area contributed by atoms with Crippen LogP contribution in [0.5, 0.6) is 0 Å². The van der Waals surface area contributed by atoms with Gasteiger partial charge in [-0.05, 0) is 36.7 Å². The molecule has 1 amide bonds. The summed E-state index contributed by atoms with van der Waals surface area (Å²) in [7, 11) is 0. The molecule has 0 aromatic carbocycles. The van der Waals surface area contributed by atoms with Gasteiger partial charge in [-0.2, -0.15) is 0 Å². The highest BCUT2D eigenvalue weighted by Gasteiger charge is 2.23. The lowest BCUT2D eigenvalue weighted by molar-refractivity contribution is -0.118. The Kier molecular flexibility index (Phi) is 5.30. The molecule has 1 aliphatic carbocycles. The maximum Gasteiger partial charge on any atom is 0.260 e. The first-order chi connectivity index (χ1) is 11.4. The van der Waals surface area contributed by atoms with Crippen molar-refractivity contribution in [2.75, 3.05) is 12.3 Å². The first kappa shape index (κ1) is 17.5. The van der Waals surface area contributed by atoms with Gasteiger partial charge in [-0.1, -0.05) is 32.5 Å². The van der Waals surface area contributed by atoms with E-state index in [0.29, 0.717) is 23.5 Å². The normalized spacial score (nSPS) is 17.2. The number of hydrogen-bond donors (Lipinski definition) is 2. The number of hydrogen-bond acceptors (Lipinski definition) is 5. The van der Waals surface area contributed by atoms with Gasteiger partial charge in [-0.3, -0.25) is 9.59 Å². The van der Waals surface area contributed by atoms with Crippen LogP contribution in [0.1, 0.15) is 37.6 Å². The molecule has 0 radical (unpaired) electrons. The minimum atomic E-state index is -0.0721. The van der Waals surface area contributed by atoms with Gasteiger partial charge < -0.3 is 10.3 Å². The zero-order valence-corrected chi connectivity index (χ0v) is 15.9. The van der Waals surface area contributed by atoms with Crippen molar-refractivity contribution in [2.45, 2.75) is 45.2 Å². The summed E-state index contributed by atoms with van der Waals surface area (Å²) in [6.45, 7) is 7.03. The summed E-state index contributed by atoms with van der Waals surface area (Å²) in [6, 6.07) is 0. The molecule has 2 N–H and O–H groups in total. The number of H-pyrrole nitrogens is 1. The summed E-state index contributed by atoms with van der Waals surface area (Å²) in [5, 5.41) is 4.16. The summed E-state index contributed by atoms with van der Waals surface area (Å²) in [5.41, 5.74) is 1.12. The summed E-state index contributed by atoms with van der Waals surface area (Å²) < 4.78 is 0. The van der Waals surface area contributed by atoms with Crippen LogP contribution in [0, 0.1) is 11.8 Å². The Balaban J connectivity index is 1.76. The highest BCUT2D eigenvalue weighted by Crippen LogP contribution is 2.36. The molecule has 1 atom stereocenters. The van der Waals surface area contributed by atoms with Gasteiger partial charge in [0, 0.05) is 11.4 Å². The van der Waals surface area contributed by atoms with Gasteiger partial charge in [0.25, 0.3) is 5.56 Å². The Hall–Kier alpha value is -1.34. The largest absolute Gasteiger partial charge is 0.355 e. The smallest absolute Gasteiger partial charge is 0.260 e. The number of amides is 1. The van der Waals surface area contributed by atoms with Crippen molar-refractivity contribution in [2.24, 2.45) is 11.8 Å². The summed E-state index contributed by atoms with van der Waals surface area (Å²) in [5.74, 6) is 1.33. The van der Waals surface area contributed by atoms with Crippen LogP contribution < -0.4 is 10.9 Å². The number of thiophene rings is 1.